The molecule has 0 amide bonds. The molecule has 1 fully saturated rings. The van der Waals surface area contributed by atoms with Gasteiger partial charge in [0, 0.05) is 5.92 Å². The number of aryl methyl sites for hydroxylation is 1. The van der Waals surface area contributed by atoms with Crippen LogP contribution < -0.4 is 4.74 Å². The van der Waals surface area contributed by atoms with E-state index in [4.69, 9.17) is 9.47 Å². The number of methoxy groups -OCH3 is 1. The number of allylic oxidation sites excluding steroid dienone is 1. The van der Waals surface area contributed by atoms with E-state index in [0.717, 1.165) is 31.4 Å². The predicted octanol–water partition coefficient (Wildman–Crippen LogP) is 3.37. The van der Waals surface area contributed by atoms with E-state index < -0.39 is 0 Å². The highest BCUT2D eigenvalue weighted by Gasteiger charge is 2.52. The molecular weight excluding hydrogens is 264 g/mol. The van der Waals surface area contributed by atoms with Crippen LogP contribution in [0.3, 0.4) is 0 Å². The Kier molecular flexibility index (Phi) is 2.69. The SMILES string of the molecule is COc1ccc2c(c1)CCC1=C2CC[C@]2(C)C(=O)OC[C@H]12. The maximum absolute atomic E-state index is 12.1. The lowest BCUT2D eigenvalue weighted by Gasteiger charge is -2.38. The van der Waals surface area contributed by atoms with Crippen molar-refractivity contribution in [3.8, 4) is 5.75 Å². The van der Waals surface area contributed by atoms with Gasteiger partial charge in [0.2, 0.25) is 0 Å². The summed E-state index contributed by atoms with van der Waals surface area (Å²) in [5.41, 5.74) is 5.37. The van der Waals surface area contributed by atoms with Gasteiger partial charge in [-0.15, -0.1) is 0 Å². The minimum atomic E-state index is -0.289. The molecule has 1 heterocycles. The summed E-state index contributed by atoms with van der Waals surface area (Å²) in [7, 11) is 1.71. The van der Waals surface area contributed by atoms with Crippen molar-refractivity contribution in [2.75, 3.05) is 13.7 Å². The van der Waals surface area contributed by atoms with Crippen molar-refractivity contribution in [2.24, 2.45) is 11.3 Å². The Morgan fingerprint density at radius 1 is 1.29 bits per heavy atom. The average molecular weight is 284 g/mol. The summed E-state index contributed by atoms with van der Waals surface area (Å²) < 4.78 is 10.7. The molecule has 1 aliphatic heterocycles. The van der Waals surface area contributed by atoms with E-state index in [1.165, 1.54) is 22.3 Å². The molecule has 0 radical (unpaired) electrons. The largest absolute Gasteiger partial charge is 0.497 e. The quantitative estimate of drug-likeness (QED) is 0.742. The van der Waals surface area contributed by atoms with E-state index in [0.29, 0.717) is 6.61 Å². The van der Waals surface area contributed by atoms with Crippen molar-refractivity contribution < 1.29 is 14.3 Å². The second-order valence-corrected chi connectivity index (χ2v) is 6.60. The number of carbonyl (C=O) groups excluding carboxylic acids is 1. The van der Waals surface area contributed by atoms with E-state index in [1.54, 1.807) is 7.11 Å². The fraction of sp³-hybridized carbons (Fsp3) is 0.500. The third-order valence-corrected chi connectivity index (χ3v) is 5.62. The van der Waals surface area contributed by atoms with Gasteiger partial charge in [0.15, 0.2) is 0 Å². The van der Waals surface area contributed by atoms with Gasteiger partial charge in [0.05, 0.1) is 19.1 Å². The zero-order valence-corrected chi connectivity index (χ0v) is 12.6. The number of rotatable bonds is 1. The van der Waals surface area contributed by atoms with Crippen LogP contribution in [0.2, 0.25) is 0 Å². The molecule has 2 aliphatic carbocycles. The maximum atomic E-state index is 12.1. The van der Waals surface area contributed by atoms with Crippen molar-refractivity contribution in [1.82, 2.24) is 0 Å². The fourth-order valence-corrected chi connectivity index (χ4v) is 4.27. The van der Waals surface area contributed by atoms with Crippen LogP contribution in [-0.2, 0) is 16.0 Å². The van der Waals surface area contributed by atoms with E-state index in [2.05, 4.69) is 19.1 Å². The Morgan fingerprint density at radius 2 is 2.14 bits per heavy atom. The van der Waals surface area contributed by atoms with Crippen LogP contribution in [0.5, 0.6) is 5.75 Å². The second-order valence-electron chi connectivity index (χ2n) is 6.60. The fourth-order valence-electron chi connectivity index (χ4n) is 4.27. The minimum Gasteiger partial charge on any atom is -0.497 e. The lowest BCUT2D eigenvalue weighted by atomic mass is 9.63. The van der Waals surface area contributed by atoms with Crippen molar-refractivity contribution in [1.29, 1.82) is 0 Å². The lowest BCUT2D eigenvalue weighted by Crippen LogP contribution is -2.35. The lowest BCUT2D eigenvalue weighted by molar-refractivity contribution is -0.146. The highest BCUT2D eigenvalue weighted by atomic mass is 16.5. The van der Waals surface area contributed by atoms with Gasteiger partial charge < -0.3 is 9.47 Å². The number of hydrogen-bond donors (Lipinski definition) is 0. The molecule has 3 nitrogen and oxygen atoms in total. The molecule has 2 atom stereocenters. The van der Waals surface area contributed by atoms with Crippen LogP contribution in [0.25, 0.3) is 5.57 Å². The minimum absolute atomic E-state index is 0.000391. The molecule has 3 heteroatoms. The summed E-state index contributed by atoms with van der Waals surface area (Å²) in [5, 5.41) is 0. The van der Waals surface area contributed by atoms with Gasteiger partial charge in [-0.25, -0.2) is 0 Å². The first kappa shape index (κ1) is 12.9. The summed E-state index contributed by atoms with van der Waals surface area (Å²) in [5.74, 6) is 1.21. The van der Waals surface area contributed by atoms with Crippen LogP contribution in [0.1, 0.15) is 37.3 Å². The van der Waals surface area contributed by atoms with E-state index >= 15 is 0 Å². The van der Waals surface area contributed by atoms with E-state index in [-0.39, 0.29) is 17.3 Å². The van der Waals surface area contributed by atoms with Gasteiger partial charge in [-0.3, -0.25) is 4.79 Å². The van der Waals surface area contributed by atoms with Gasteiger partial charge in [-0.2, -0.15) is 0 Å². The number of benzene rings is 1. The van der Waals surface area contributed by atoms with Crippen molar-refractivity contribution >= 4 is 11.5 Å². The molecule has 21 heavy (non-hydrogen) atoms. The number of ether oxygens (including phenoxy) is 2. The van der Waals surface area contributed by atoms with E-state index in [9.17, 15) is 4.79 Å². The molecule has 0 spiro atoms. The molecule has 0 saturated carbocycles. The molecule has 1 aromatic rings. The molecule has 110 valence electrons. The molecule has 0 unspecified atom stereocenters. The molecular formula is C18H20O3. The normalized spacial score (nSPS) is 30.4. The maximum Gasteiger partial charge on any atom is 0.312 e. The third-order valence-electron chi connectivity index (χ3n) is 5.62. The smallest absolute Gasteiger partial charge is 0.312 e. The van der Waals surface area contributed by atoms with Crippen molar-refractivity contribution in [3.63, 3.8) is 0 Å². The second kappa shape index (κ2) is 4.36. The number of carbonyl (C=O) groups is 1. The summed E-state index contributed by atoms with van der Waals surface area (Å²) in [6.45, 7) is 2.65. The zero-order chi connectivity index (χ0) is 14.6. The van der Waals surface area contributed by atoms with Crippen LogP contribution >= 0.6 is 0 Å². The molecule has 4 rings (SSSR count). The number of esters is 1. The van der Waals surface area contributed by atoms with Gasteiger partial charge in [0.1, 0.15) is 5.75 Å². The number of fused-ring (bicyclic) bond motifs is 4. The van der Waals surface area contributed by atoms with Gasteiger partial charge in [-0.1, -0.05) is 11.6 Å². The van der Waals surface area contributed by atoms with Crippen molar-refractivity contribution in [3.05, 3.63) is 34.9 Å². The topological polar surface area (TPSA) is 35.5 Å². The first-order valence-electron chi connectivity index (χ1n) is 7.70. The van der Waals surface area contributed by atoms with Crippen LogP contribution in [-0.4, -0.2) is 19.7 Å². The molecule has 0 aromatic heterocycles. The van der Waals surface area contributed by atoms with Crippen LogP contribution in [0.4, 0.5) is 0 Å². The van der Waals surface area contributed by atoms with Gasteiger partial charge in [0.25, 0.3) is 0 Å². The van der Waals surface area contributed by atoms with Crippen molar-refractivity contribution in [2.45, 2.75) is 32.6 Å². The summed E-state index contributed by atoms with van der Waals surface area (Å²) in [6, 6.07) is 6.38. The number of cyclic esters (lactones) is 1. The molecule has 1 saturated heterocycles. The highest BCUT2D eigenvalue weighted by Crippen LogP contribution is 2.54. The Morgan fingerprint density at radius 3 is 2.95 bits per heavy atom. The van der Waals surface area contributed by atoms with Crippen LogP contribution in [0.15, 0.2) is 23.8 Å². The van der Waals surface area contributed by atoms with Crippen LogP contribution in [0, 0.1) is 11.3 Å². The predicted molar refractivity (Wildman–Crippen MR) is 80.0 cm³/mol. The Bertz CT molecular complexity index is 658. The standard InChI is InChI=1S/C18H20O3/c1-18-8-7-14-13-6-4-12(20-2)9-11(13)3-5-15(14)16(18)10-21-17(18)19/h4,6,9,16H,3,5,7-8,10H2,1-2H3/t16-,18+/m1/s1. The summed E-state index contributed by atoms with van der Waals surface area (Å²) >= 11 is 0. The Balaban J connectivity index is 1.81. The van der Waals surface area contributed by atoms with Gasteiger partial charge in [-0.05, 0) is 61.4 Å². The zero-order valence-electron chi connectivity index (χ0n) is 12.6. The molecule has 0 bridgehead atoms. The van der Waals surface area contributed by atoms with E-state index in [1.807, 2.05) is 6.07 Å². The Labute approximate surface area is 124 Å². The highest BCUT2D eigenvalue weighted by molar-refractivity contribution is 5.84. The molecule has 0 N–H and O–H groups in total. The summed E-state index contributed by atoms with van der Waals surface area (Å²) in [6.07, 6.45) is 3.97. The number of hydrogen-bond acceptors (Lipinski definition) is 3. The monoisotopic (exact) mass is 284 g/mol. The molecule has 3 aliphatic rings. The average Bonchev–Trinajstić information content (AvgIpc) is 2.82. The third kappa shape index (κ3) is 1.69. The molecule has 1 aromatic carbocycles. The Hall–Kier alpha value is -1.77. The summed E-state index contributed by atoms with van der Waals surface area (Å²) in [4.78, 5) is 12.1. The van der Waals surface area contributed by atoms with Gasteiger partial charge >= 0.3 is 5.97 Å². The first-order valence-corrected chi connectivity index (χ1v) is 7.70. The first-order chi connectivity index (χ1) is 10.1.